The summed E-state index contributed by atoms with van der Waals surface area (Å²) in [5, 5.41) is 3.94. The van der Waals surface area contributed by atoms with E-state index in [-0.39, 0.29) is 5.41 Å². The lowest BCUT2D eigenvalue weighted by Gasteiger charge is -2.14. The molecule has 0 bridgehead atoms. The third-order valence-corrected chi connectivity index (χ3v) is 2.23. The minimum absolute atomic E-state index is 0.132. The van der Waals surface area contributed by atoms with Crippen molar-refractivity contribution in [2.24, 2.45) is 11.1 Å². The second kappa shape index (κ2) is 4.33. The first-order valence-electron chi connectivity index (χ1n) is 5.60. The second-order valence-electron chi connectivity index (χ2n) is 5.22. The van der Waals surface area contributed by atoms with Gasteiger partial charge in [-0.25, -0.2) is 0 Å². The van der Waals surface area contributed by atoms with Crippen LogP contribution in [-0.2, 0) is 13.0 Å². The van der Waals surface area contributed by atoms with E-state index in [1.54, 1.807) is 6.07 Å². The molecule has 0 aromatic carbocycles. The molecule has 2 heterocycles. The highest BCUT2D eigenvalue weighted by atomic mass is 16.5. The topological polar surface area (TPSA) is 78.1 Å². The average molecular weight is 235 g/mol. The van der Waals surface area contributed by atoms with Crippen LogP contribution in [0.25, 0.3) is 11.7 Å². The van der Waals surface area contributed by atoms with Crippen molar-refractivity contribution >= 4 is 0 Å². The van der Waals surface area contributed by atoms with E-state index in [0.29, 0.717) is 29.8 Å². The van der Waals surface area contributed by atoms with Gasteiger partial charge in [0.2, 0.25) is 0 Å². The largest absolute Gasteiger partial charge is 0.455 e. The van der Waals surface area contributed by atoms with Gasteiger partial charge in [0, 0.05) is 6.42 Å². The summed E-state index contributed by atoms with van der Waals surface area (Å²) in [4.78, 5) is 4.30. The van der Waals surface area contributed by atoms with E-state index in [1.807, 2.05) is 6.07 Å². The van der Waals surface area contributed by atoms with Gasteiger partial charge in [0.15, 0.2) is 11.6 Å². The highest BCUT2D eigenvalue weighted by Gasteiger charge is 2.18. The van der Waals surface area contributed by atoms with Crippen molar-refractivity contribution < 1.29 is 8.94 Å². The van der Waals surface area contributed by atoms with Crippen molar-refractivity contribution in [3.63, 3.8) is 0 Å². The van der Waals surface area contributed by atoms with Crippen molar-refractivity contribution in [3.05, 3.63) is 23.7 Å². The molecule has 5 nitrogen and oxygen atoms in total. The van der Waals surface area contributed by atoms with Crippen LogP contribution >= 0.6 is 0 Å². The molecule has 2 aromatic rings. The highest BCUT2D eigenvalue weighted by Crippen LogP contribution is 2.23. The van der Waals surface area contributed by atoms with Gasteiger partial charge in [-0.2, -0.15) is 4.98 Å². The van der Waals surface area contributed by atoms with E-state index in [1.165, 1.54) is 0 Å². The number of hydrogen-bond acceptors (Lipinski definition) is 5. The fraction of sp³-hybridized carbons (Fsp3) is 0.500. The van der Waals surface area contributed by atoms with E-state index >= 15 is 0 Å². The maximum atomic E-state index is 5.47. The summed E-state index contributed by atoms with van der Waals surface area (Å²) < 4.78 is 10.6. The maximum absolute atomic E-state index is 5.47. The lowest BCUT2D eigenvalue weighted by atomic mass is 9.92. The van der Waals surface area contributed by atoms with Crippen molar-refractivity contribution in [2.45, 2.75) is 33.7 Å². The molecular formula is C12H17N3O2. The summed E-state index contributed by atoms with van der Waals surface area (Å²) in [6.07, 6.45) is 0.765. The Morgan fingerprint density at radius 3 is 2.65 bits per heavy atom. The molecule has 17 heavy (non-hydrogen) atoms. The second-order valence-corrected chi connectivity index (χ2v) is 5.22. The number of nitrogens with zero attached hydrogens (tertiary/aromatic N) is 2. The van der Waals surface area contributed by atoms with Gasteiger partial charge in [-0.3, -0.25) is 0 Å². The summed E-state index contributed by atoms with van der Waals surface area (Å²) >= 11 is 0. The quantitative estimate of drug-likeness (QED) is 0.883. The fourth-order valence-corrected chi connectivity index (χ4v) is 1.50. The molecule has 0 saturated carbocycles. The van der Waals surface area contributed by atoms with Gasteiger partial charge in [0.25, 0.3) is 5.89 Å². The van der Waals surface area contributed by atoms with E-state index < -0.39 is 0 Å². The maximum Gasteiger partial charge on any atom is 0.293 e. The zero-order valence-corrected chi connectivity index (χ0v) is 10.4. The molecule has 0 aliphatic heterocycles. The van der Waals surface area contributed by atoms with Crippen LogP contribution < -0.4 is 5.73 Å². The van der Waals surface area contributed by atoms with E-state index in [2.05, 4.69) is 30.9 Å². The molecular weight excluding hydrogens is 218 g/mol. The third-order valence-electron chi connectivity index (χ3n) is 2.23. The third kappa shape index (κ3) is 2.94. The SMILES string of the molecule is CC(C)(C)Cc1noc(-c2ccc(CN)o2)n1. The summed E-state index contributed by atoms with van der Waals surface area (Å²) in [5.74, 6) is 2.37. The van der Waals surface area contributed by atoms with Crippen LogP contribution in [0.5, 0.6) is 0 Å². The standard InChI is InChI=1S/C12H17N3O2/c1-12(2,3)6-10-14-11(17-15-10)9-5-4-8(7-13)16-9/h4-5H,6-7,13H2,1-3H3. The lowest BCUT2D eigenvalue weighted by molar-refractivity contribution is 0.371. The lowest BCUT2D eigenvalue weighted by Crippen LogP contribution is -2.10. The Bertz CT molecular complexity index is 494. The molecule has 2 aromatic heterocycles. The summed E-state index contributed by atoms with van der Waals surface area (Å²) in [6.45, 7) is 6.75. The highest BCUT2D eigenvalue weighted by molar-refractivity contribution is 5.44. The normalized spacial score (nSPS) is 12.0. The number of nitrogens with two attached hydrogens (primary N) is 1. The van der Waals surface area contributed by atoms with Gasteiger partial charge >= 0.3 is 0 Å². The molecule has 0 aliphatic rings. The zero-order chi connectivity index (χ0) is 12.5. The number of rotatable bonds is 3. The molecule has 0 aliphatic carbocycles. The number of hydrogen-bond donors (Lipinski definition) is 1. The smallest absolute Gasteiger partial charge is 0.293 e. The molecule has 0 fully saturated rings. The van der Waals surface area contributed by atoms with Gasteiger partial charge in [-0.15, -0.1) is 0 Å². The molecule has 0 atom stereocenters. The Labute approximate surface area is 100.0 Å². The Kier molecular flexibility index (Phi) is 3.02. The fourth-order valence-electron chi connectivity index (χ4n) is 1.50. The molecule has 0 saturated heterocycles. The van der Waals surface area contributed by atoms with E-state index in [0.717, 1.165) is 6.42 Å². The molecule has 0 spiro atoms. The Morgan fingerprint density at radius 1 is 1.29 bits per heavy atom. The number of furan rings is 1. The molecule has 2 N–H and O–H groups in total. The van der Waals surface area contributed by atoms with E-state index in [9.17, 15) is 0 Å². The average Bonchev–Trinajstić information content (AvgIpc) is 2.82. The van der Waals surface area contributed by atoms with Crippen molar-refractivity contribution in [2.75, 3.05) is 0 Å². The predicted octanol–water partition coefficient (Wildman–Crippen LogP) is 2.38. The van der Waals surface area contributed by atoms with Crippen molar-refractivity contribution in [1.29, 1.82) is 0 Å². The minimum atomic E-state index is 0.132. The first-order valence-corrected chi connectivity index (χ1v) is 5.60. The van der Waals surface area contributed by atoms with Gasteiger partial charge in [-0.05, 0) is 17.5 Å². The monoisotopic (exact) mass is 235 g/mol. The summed E-state index contributed by atoms with van der Waals surface area (Å²) in [6, 6.07) is 3.60. The van der Waals surface area contributed by atoms with Gasteiger partial charge in [-0.1, -0.05) is 25.9 Å². The van der Waals surface area contributed by atoms with Gasteiger partial charge in [0.05, 0.1) is 6.54 Å². The molecule has 92 valence electrons. The van der Waals surface area contributed by atoms with Crippen LogP contribution in [0.15, 0.2) is 21.1 Å². The molecule has 2 rings (SSSR count). The van der Waals surface area contributed by atoms with E-state index in [4.69, 9.17) is 14.7 Å². The summed E-state index contributed by atoms with van der Waals surface area (Å²) in [5.41, 5.74) is 5.60. The predicted molar refractivity (Wildman–Crippen MR) is 63.1 cm³/mol. The van der Waals surface area contributed by atoms with Gasteiger partial charge < -0.3 is 14.7 Å². The van der Waals surface area contributed by atoms with Crippen LogP contribution in [0.2, 0.25) is 0 Å². The number of aromatic nitrogens is 2. The first-order chi connectivity index (χ1) is 7.98. The molecule has 0 unspecified atom stereocenters. The Morgan fingerprint density at radius 2 is 2.06 bits per heavy atom. The Hall–Kier alpha value is -1.62. The van der Waals surface area contributed by atoms with Crippen LogP contribution in [0.4, 0.5) is 0 Å². The zero-order valence-electron chi connectivity index (χ0n) is 10.4. The molecule has 0 radical (unpaired) electrons. The Balaban J connectivity index is 2.18. The van der Waals surface area contributed by atoms with Crippen LogP contribution in [0.3, 0.4) is 0 Å². The van der Waals surface area contributed by atoms with Crippen LogP contribution in [0, 0.1) is 5.41 Å². The van der Waals surface area contributed by atoms with Crippen LogP contribution in [0.1, 0.15) is 32.4 Å². The minimum Gasteiger partial charge on any atom is -0.455 e. The first kappa shape index (κ1) is 11.9. The van der Waals surface area contributed by atoms with Crippen molar-refractivity contribution in [3.8, 4) is 11.7 Å². The molecule has 0 amide bonds. The molecule has 5 heteroatoms. The van der Waals surface area contributed by atoms with Crippen molar-refractivity contribution in [1.82, 2.24) is 10.1 Å². The van der Waals surface area contributed by atoms with Gasteiger partial charge in [0.1, 0.15) is 5.76 Å². The van der Waals surface area contributed by atoms with Crippen LogP contribution in [-0.4, -0.2) is 10.1 Å². The summed E-state index contributed by atoms with van der Waals surface area (Å²) in [7, 11) is 0.